The molecule has 0 fully saturated rings. The number of halogens is 1. The van der Waals surface area contributed by atoms with Gasteiger partial charge in [-0.05, 0) is 18.5 Å². The minimum absolute atomic E-state index is 0.340. The lowest BCUT2D eigenvalue weighted by Gasteiger charge is -1.89. The summed E-state index contributed by atoms with van der Waals surface area (Å²) in [5, 5.41) is -0.165. The summed E-state index contributed by atoms with van der Waals surface area (Å²) >= 11 is 8.15. The third kappa shape index (κ3) is 1.70. The van der Waals surface area contributed by atoms with Crippen molar-refractivity contribution in [3.05, 3.63) is 21.6 Å². The molecule has 0 saturated carbocycles. The highest BCUT2D eigenvalue weighted by Crippen LogP contribution is 2.30. The molecule has 2 aromatic rings. The molecule has 0 bridgehead atoms. The fourth-order valence-corrected chi connectivity index (χ4v) is 2.69. The van der Waals surface area contributed by atoms with Crippen LogP contribution in [0.1, 0.15) is 14.7 Å². The van der Waals surface area contributed by atoms with E-state index in [1.165, 1.54) is 22.7 Å². The van der Waals surface area contributed by atoms with Gasteiger partial charge in [0, 0.05) is 11.1 Å². The first-order chi connectivity index (χ1) is 6.68. The van der Waals surface area contributed by atoms with Crippen molar-refractivity contribution in [2.24, 2.45) is 0 Å². The molecular formula is C8H5ClN2OS2. The van der Waals surface area contributed by atoms with E-state index in [0.717, 1.165) is 15.4 Å². The van der Waals surface area contributed by atoms with Gasteiger partial charge in [0.05, 0.1) is 16.1 Å². The van der Waals surface area contributed by atoms with Crippen molar-refractivity contribution in [2.45, 2.75) is 6.92 Å². The zero-order valence-electron chi connectivity index (χ0n) is 7.15. The summed E-state index contributed by atoms with van der Waals surface area (Å²) in [6.07, 6.45) is 1.73. The van der Waals surface area contributed by atoms with E-state index in [4.69, 9.17) is 11.6 Å². The third-order valence-electron chi connectivity index (χ3n) is 1.63. The molecule has 3 nitrogen and oxygen atoms in total. The first-order valence-corrected chi connectivity index (χ1v) is 5.82. The first kappa shape index (κ1) is 9.76. The van der Waals surface area contributed by atoms with Gasteiger partial charge in [0.15, 0.2) is 5.01 Å². The summed E-state index contributed by atoms with van der Waals surface area (Å²) < 4.78 is 0. The van der Waals surface area contributed by atoms with Gasteiger partial charge in [0.25, 0.3) is 5.24 Å². The molecule has 6 heteroatoms. The summed E-state index contributed by atoms with van der Waals surface area (Å²) in [5.41, 5.74) is 2.54. The third-order valence-corrected chi connectivity index (χ3v) is 3.67. The van der Waals surface area contributed by atoms with Gasteiger partial charge in [-0.1, -0.05) is 0 Å². The molecule has 2 aromatic heterocycles. The molecule has 0 amide bonds. The van der Waals surface area contributed by atoms with E-state index in [9.17, 15) is 4.79 Å². The van der Waals surface area contributed by atoms with Crippen molar-refractivity contribution in [2.75, 3.05) is 0 Å². The van der Waals surface area contributed by atoms with Crippen LogP contribution in [-0.2, 0) is 0 Å². The van der Waals surface area contributed by atoms with Crippen molar-refractivity contribution < 1.29 is 4.79 Å². The minimum Gasteiger partial charge on any atom is -0.273 e. The summed E-state index contributed by atoms with van der Waals surface area (Å²) in [6.45, 7) is 1.91. The molecule has 0 radical (unpaired) electrons. The molecule has 72 valence electrons. The van der Waals surface area contributed by atoms with Crippen LogP contribution < -0.4 is 0 Å². The summed E-state index contributed by atoms with van der Waals surface area (Å²) in [6, 6.07) is 0. The maximum Gasteiger partial charge on any atom is 0.281 e. The van der Waals surface area contributed by atoms with Crippen molar-refractivity contribution in [1.82, 2.24) is 9.97 Å². The van der Waals surface area contributed by atoms with E-state index in [0.29, 0.717) is 5.01 Å². The highest BCUT2D eigenvalue weighted by atomic mass is 35.5. The van der Waals surface area contributed by atoms with Crippen LogP contribution in [0.25, 0.3) is 10.6 Å². The van der Waals surface area contributed by atoms with Crippen molar-refractivity contribution in [1.29, 1.82) is 0 Å². The van der Waals surface area contributed by atoms with Crippen LogP contribution in [0.3, 0.4) is 0 Å². The Bertz CT molecular complexity index is 464. The van der Waals surface area contributed by atoms with Gasteiger partial charge in [0.2, 0.25) is 0 Å². The zero-order chi connectivity index (χ0) is 10.1. The van der Waals surface area contributed by atoms with Gasteiger partial charge in [0.1, 0.15) is 0 Å². The zero-order valence-corrected chi connectivity index (χ0v) is 9.54. The molecule has 2 rings (SSSR count). The number of rotatable bonds is 2. The standard InChI is InChI=1S/C8H5ClN2OS2/c1-4-6(5-2-10-3-13-5)11-8(14-4)7(9)12/h2-3H,1H3. The highest BCUT2D eigenvalue weighted by molar-refractivity contribution is 7.17. The Labute approximate surface area is 93.4 Å². The topological polar surface area (TPSA) is 42.9 Å². The maximum atomic E-state index is 10.9. The van der Waals surface area contributed by atoms with Crippen LogP contribution in [0.15, 0.2) is 11.7 Å². The van der Waals surface area contributed by atoms with Gasteiger partial charge in [-0.25, -0.2) is 4.98 Å². The second-order valence-electron chi connectivity index (χ2n) is 2.56. The molecular weight excluding hydrogens is 240 g/mol. The molecule has 14 heavy (non-hydrogen) atoms. The van der Waals surface area contributed by atoms with Crippen LogP contribution in [-0.4, -0.2) is 15.2 Å². The Morgan fingerprint density at radius 2 is 2.36 bits per heavy atom. The number of thiazole rings is 2. The maximum absolute atomic E-state index is 10.9. The molecule has 0 saturated heterocycles. The Morgan fingerprint density at radius 1 is 1.57 bits per heavy atom. The summed E-state index contributed by atoms with van der Waals surface area (Å²) in [7, 11) is 0. The fraction of sp³-hybridized carbons (Fsp3) is 0.125. The molecule has 0 aromatic carbocycles. The number of aromatic nitrogens is 2. The normalized spacial score (nSPS) is 10.4. The number of hydrogen-bond donors (Lipinski definition) is 0. The Balaban J connectivity index is 2.50. The molecule has 0 N–H and O–H groups in total. The number of aryl methyl sites for hydroxylation is 1. The van der Waals surface area contributed by atoms with E-state index in [1.54, 1.807) is 11.7 Å². The molecule has 0 aliphatic heterocycles. The van der Waals surface area contributed by atoms with Gasteiger partial charge >= 0.3 is 0 Å². The second kappa shape index (κ2) is 3.76. The molecule has 0 aliphatic carbocycles. The van der Waals surface area contributed by atoms with E-state index in [-0.39, 0.29) is 0 Å². The lowest BCUT2D eigenvalue weighted by atomic mass is 10.3. The van der Waals surface area contributed by atoms with Gasteiger partial charge in [-0.3, -0.25) is 9.78 Å². The van der Waals surface area contributed by atoms with Crippen LogP contribution in [0, 0.1) is 6.92 Å². The van der Waals surface area contributed by atoms with Crippen molar-refractivity contribution >= 4 is 39.5 Å². The Hall–Kier alpha value is -0.780. The lowest BCUT2D eigenvalue weighted by Crippen LogP contribution is -1.85. The smallest absolute Gasteiger partial charge is 0.273 e. The van der Waals surface area contributed by atoms with E-state index < -0.39 is 5.24 Å². The van der Waals surface area contributed by atoms with Gasteiger partial charge < -0.3 is 0 Å². The second-order valence-corrected chi connectivity index (χ2v) is 5.00. The molecule has 0 spiro atoms. The number of carbonyl (C=O) groups is 1. The SMILES string of the molecule is Cc1sc(C(=O)Cl)nc1-c1cncs1. The fourth-order valence-electron chi connectivity index (χ4n) is 1.04. The van der Waals surface area contributed by atoms with Crippen LogP contribution in [0.5, 0.6) is 0 Å². The molecule has 0 atom stereocenters. The lowest BCUT2D eigenvalue weighted by molar-refractivity contribution is 0.108. The number of hydrogen-bond acceptors (Lipinski definition) is 5. The predicted molar refractivity (Wildman–Crippen MR) is 58.1 cm³/mol. The molecule has 2 heterocycles. The van der Waals surface area contributed by atoms with Crippen LogP contribution >= 0.6 is 34.3 Å². The summed E-state index contributed by atoms with van der Waals surface area (Å²) in [5.74, 6) is 0. The summed E-state index contributed by atoms with van der Waals surface area (Å²) in [4.78, 5) is 20.9. The Kier molecular flexibility index (Phi) is 2.62. The predicted octanol–water partition coefficient (Wildman–Crippen LogP) is 2.95. The highest BCUT2D eigenvalue weighted by Gasteiger charge is 2.14. The first-order valence-electron chi connectivity index (χ1n) is 3.74. The van der Waals surface area contributed by atoms with Gasteiger partial charge in [-0.2, -0.15) is 0 Å². The van der Waals surface area contributed by atoms with Crippen molar-refractivity contribution in [3.63, 3.8) is 0 Å². The van der Waals surface area contributed by atoms with Gasteiger partial charge in [-0.15, -0.1) is 22.7 Å². The molecule has 0 aliphatic rings. The molecule has 0 unspecified atom stereocenters. The van der Waals surface area contributed by atoms with Crippen molar-refractivity contribution in [3.8, 4) is 10.6 Å². The number of carbonyl (C=O) groups excluding carboxylic acids is 1. The Morgan fingerprint density at radius 3 is 2.86 bits per heavy atom. The number of nitrogens with zero attached hydrogens (tertiary/aromatic N) is 2. The minimum atomic E-state index is -0.506. The average Bonchev–Trinajstić information content (AvgIpc) is 2.71. The van der Waals surface area contributed by atoms with E-state index in [2.05, 4.69) is 9.97 Å². The van der Waals surface area contributed by atoms with Crippen LogP contribution in [0.4, 0.5) is 0 Å². The van der Waals surface area contributed by atoms with E-state index in [1.807, 2.05) is 6.92 Å². The quantitative estimate of drug-likeness (QED) is 0.763. The average molecular weight is 245 g/mol. The van der Waals surface area contributed by atoms with Crippen LogP contribution in [0.2, 0.25) is 0 Å². The van der Waals surface area contributed by atoms with E-state index >= 15 is 0 Å². The largest absolute Gasteiger partial charge is 0.281 e. The monoisotopic (exact) mass is 244 g/mol.